The first-order valence-electron chi connectivity index (χ1n) is 5.95. The number of nitrogens with two attached hydrogens (primary N) is 1. The van der Waals surface area contributed by atoms with E-state index in [0.717, 1.165) is 24.5 Å². The van der Waals surface area contributed by atoms with Gasteiger partial charge < -0.3 is 10.6 Å². The summed E-state index contributed by atoms with van der Waals surface area (Å²) >= 11 is 6.35. The van der Waals surface area contributed by atoms with Crippen LogP contribution in [0.3, 0.4) is 0 Å². The van der Waals surface area contributed by atoms with Gasteiger partial charge in [-0.25, -0.2) is 4.98 Å². The largest absolute Gasteiger partial charge is 0.347 e. The van der Waals surface area contributed by atoms with Crippen LogP contribution in [0.5, 0.6) is 0 Å². The van der Waals surface area contributed by atoms with Crippen LogP contribution in [-0.2, 0) is 19.6 Å². The zero-order chi connectivity index (χ0) is 12.5. The molecule has 0 aliphatic carbocycles. The van der Waals surface area contributed by atoms with Gasteiger partial charge in [-0.3, -0.25) is 0 Å². The molecule has 2 heterocycles. The summed E-state index contributed by atoms with van der Waals surface area (Å²) in [4.78, 5) is 6.58. The van der Waals surface area contributed by atoms with E-state index in [-0.39, 0.29) is 0 Å². The summed E-state index contributed by atoms with van der Waals surface area (Å²) in [6.07, 6.45) is 1.77. The number of rotatable bonds is 2. The van der Waals surface area contributed by atoms with Crippen molar-refractivity contribution in [3.8, 4) is 0 Å². The number of anilines is 1. The standard InChI is InChI=1S/C14H14ClN3/c15-13-10(7-16)5-6-17-14(13)18-8-11-3-1-2-4-12(11)9-18/h1-6H,7-9,16H2. The number of pyridine rings is 1. The zero-order valence-corrected chi connectivity index (χ0v) is 10.7. The number of aromatic nitrogens is 1. The van der Waals surface area contributed by atoms with Crippen molar-refractivity contribution in [2.75, 3.05) is 4.90 Å². The lowest BCUT2D eigenvalue weighted by Gasteiger charge is -2.19. The van der Waals surface area contributed by atoms with Crippen molar-refractivity contribution >= 4 is 17.4 Å². The van der Waals surface area contributed by atoms with E-state index >= 15 is 0 Å². The first-order valence-corrected chi connectivity index (χ1v) is 6.32. The zero-order valence-electron chi connectivity index (χ0n) is 9.94. The lowest BCUT2D eigenvalue weighted by molar-refractivity contribution is 0.853. The van der Waals surface area contributed by atoms with Crippen molar-refractivity contribution < 1.29 is 0 Å². The minimum Gasteiger partial charge on any atom is -0.347 e. The van der Waals surface area contributed by atoms with Crippen molar-refractivity contribution in [3.63, 3.8) is 0 Å². The molecule has 0 unspecified atom stereocenters. The monoisotopic (exact) mass is 259 g/mol. The molecule has 18 heavy (non-hydrogen) atoms. The van der Waals surface area contributed by atoms with E-state index in [0.29, 0.717) is 11.6 Å². The second-order valence-electron chi connectivity index (χ2n) is 4.44. The lowest BCUT2D eigenvalue weighted by Crippen LogP contribution is -2.17. The van der Waals surface area contributed by atoms with Crippen LogP contribution in [-0.4, -0.2) is 4.98 Å². The maximum absolute atomic E-state index is 6.35. The number of nitrogens with zero attached hydrogens (tertiary/aromatic N) is 2. The molecule has 1 aromatic heterocycles. The van der Waals surface area contributed by atoms with Gasteiger partial charge in [-0.1, -0.05) is 35.9 Å². The van der Waals surface area contributed by atoms with Gasteiger partial charge in [0.05, 0.1) is 5.02 Å². The first-order chi connectivity index (χ1) is 8.79. The third-order valence-electron chi connectivity index (χ3n) is 3.31. The molecule has 0 saturated carbocycles. The summed E-state index contributed by atoms with van der Waals surface area (Å²) < 4.78 is 0. The van der Waals surface area contributed by atoms with Crippen LogP contribution >= 0.6 is 11.6 Å². The molecule has 92 valence electrons. The van der Waals surface area contributed by atoms with E-state index in [2.05, 4.69) is 34.1 Å². The number of fused-ring (bicyclic) bond motifs is 1. The molecule has 0 spiro atoms. The normalized spacial score (nSPS) is 13.8. The van der Waals surface area contributed by atoms with Crippen molar-refractivity contribution in [1.82, 2.24) is 4.98 Å². The van der Waals surface area contributed by atoms with Crippen LogP contribution < -0.4 is 10.6 Å². The van der Waals surface area contributed by atoms with E-state index in [1.54, 1.807) is 6.20 Å². The fourth-order valence-electron chi connectivity index (χ4n) is 2.33. The molecule has 1 aliphatic rings. The predicted molar refractivity (Wildman–Crippen MR) is 73.5 cm³/mol. The molecule has 0 bridgehead atoms. The maximum atomic E-state index is 6.35. The molecule has 0 atom stereocenters. The molecule has 0 amide bonds. The molecular weight excluding hydrogens is 246 g/mol. The molecule has 3 rings (SSSR count). The SMILES string of the molecule is NCc1ccnc(N2Cc3ccccc3C2)c1Cl. The van der Waals surface area contributed by atoms with Crippen LogP contribution in [0.2, 0.25) is 5.02 Å². The summed E-state index contributed by atoms with van der Waals surface area (Å²) in [6.45, 7) is 2.16. The number of benzene rings is 1. The van der Waals surface area contributed by atoms with Gasteiger partial charge in [0, 0.05) is 25.8 Å². The second-order valence-corrected chi connectivity index (χ2v) is 4.81. The van der Waals surface area contributed by atoms with Gasteiger partial charge in [-0.15, -0.1) is 0 Å². The Kier molecular flexibility index (Phi) is 2.94. The number of hydrogen-bond donors (Lipinski definition) is 1. The van der Waals surface area contributed by atoms with Crippen LogP contribution in [0.4, 0.5) is 5.82 Å². The molecular formula is C14H14ClN3. The molecule has 2 N–H and O–H groups in total. The Hall–Kier alpha value is -1.58. The van der Waals surface area contributed by atoms with Gasteiger partial charge in [-0.2, -0.15) is 0 Å². The average molecular weight is 260 g/mol. The molecule has 3 nitrogen and oxygen atoms in total. The summed E-state index contributed by atoms with van der Waals surface area (Å²) in [7, 11) is 0. The molecule has 2 aromatic rings. The summed E-state index contributed by atoms with van der Waals surface area (Å²) in [5, 5.41) is 0.674. The molecule has 0 saturated heterocycles. The van der Waals surface area contributed by atoms with Gasteiger partial charge in [0.15, 0.2) is 0 Å². The Morgan fingerprint density at radius 3 is 2.44 bits per heavy atom. The summed E-state index contributed by atoms with van der Waals surface area (Å²) in [5.41, 5.74) is 9.30. The van der Waals surface area contributed by atoms with Gasteiger partial charge in [0.1, 0.15) is 5.82 Å². The Bertz CT molecular complexity index is 558. The van der Waals surface area contributed by atoms with E-state index in [1.807, 2.05) is 6.07 Å². The highest BCUT2D eigenvalue weighted by Gasteiger charge is 2.22. The number of hydrogen-bond acceptors (Lipinski definition) is 3. The summed E-state index contributed by atoms with van der Waals surface area (Å²) in [5.74, 6) is 0.829. The van der Waals surface area contributed by atoms with Crippen LogP contribution in [0, 0.1) is 0 Å². The fourth-order valence-corrected chi connectivity index (χ4v) is 2.64. The van der Waals surface area contributed by atoms with E-state index in [4.69, 9.17) is 17.3 Å². The quantitative estimate of drug-likeness (QED) is 0.902. The van der Waals surface area contributed by atoms with Crippen LogP contribution in [0.25, 0.3) is 0 Å². The minimum atomic E-state index is 0.440. The fraction of sp³-hybridized carbons (Fsp3) is 0.214. The summed E-state index contributed by atoms with van der Waals surface area (Å²) in [6, 6.07) is 10.3. The minimum absolute atomic E-state index is 0.440. The van der Waals surface area contributed by atoms with Crippen molar-refractivity contribution in [1.29, 1.82) is 0 Å². The predicted octanol–water partition coefficient (Wildman–Crippen LogP) is 2.71. The molecule has 4 heteroatoms. The van der Waals surface area contributed by atoms with E-state index in [1.165, 1.54) is 11.1 Å². The van der Waals surface area contributed by atoms with Crippen LogP contribution in [0.1, 0.15) is 16.7 Å². The Morgan fingerprint density at radius 2 is 1.83 bits per heavy atom. The molecule has 0 radical (unpaired) electrons. The Balaban J connectivity index is 1.95. The highest BCUT2D eigenvalue weighted by Crippen LogP contribution is 2.32. The second kappa shape index (κ2) is 4.59. The molecule has 1 aliphatic heterocycles. The molecule has 1 aromatic carbocycles. The van der Waals surface area contributed by atoms with E-state index in [9.17, 15) is 0 Å². The number of halogens is 1. The van der Waals surface area contributed by atoms with Gasteiger partial charge in [-0.05, 0) is 22.8 Å². The average Bonchev–Trinajstić information content (AvgIpc) is 2.82. The first kappa shape index (κ1) is 11.5. The highest BCUT2D eigenvalue weighted by molar-refractivity contribution is 6.33. The highest BCUT2D eigenvalue weighted by atomic mass is 35.5. The smallest absolute Gasteiger partial charge is 0.148 e. The third kappa shape index (κ3) is 1.85. The maximum Gasteiger partial charge on any atom is 0.148 e. The van der Waals surface area contributed by atoms with Gasteiger partial charge in [0.2, 0.25) is 0 Å². The van der Waals surface area contributed by atoms with Crippen molar-refractivity contribution in [3.05, 3.63) is 58.2 Å². The molecule has 0 fully saturated rings. The topological polar surface area (TPSA) is 42.1 Å². The van der Waals surface area contributed by atoms with Gasteiger partial charge >= 0.3 is 0 Å². The van der Waals surface area contributed by atoms with Crippen molar-refractivity contribution in [2.24, 2.45) is 5.73 Å². The Morgan fingerprint density at radius 1 is 1.17 bits per heavy atom. The lowest BCUT2D eigenvalue weighted by atomic mass is 10.1. The Labute approximate surface area is 111 Å². The van der Waals surface area contributed by atoms with E-state index < -0.39 is 0 Å². The van der Waals surface area contributed by atoms with Gasteiger partial charge in [0.25, 0.3) is 0 Å². The van der Waals surface area contributed by atoms with Crippen LogP contribution in [0.15, 0.2) is 36.5 Å². The third-order valence-corrected chi connectivity index (χ3v) is 3.72. The van der Waals surface area contributed by atoms with Crippen molar-refractivity contribution in [2.45, 2.75) is 19.6 Å².